The van der Waals surface area contributed by atoms with Gasteiger partial charge in [-0.05, 0) is 31.7 Å². The van der Waals surface area contributed by atoms with Crippen molar-refractivity contribution in [1.82, 2.24) is 31.2 Å². The van der Waals surface area contributed by atoms with Crippen LogP contribution in [-0.4, -0.2) is 75.4 Å². The number of carbonyl (C=O) groups excluding carboxylic acids is 4. The molecule has 188 valence electrons. The van der Waals surface area contributed by atoms with Crippen molar-refractivity contribution in [2.45, 2.75) is 70.1 Å². The van der Waals surface area contributed by atoms with Crippen LogP contribution in [0.1, 0.15) is 45.2 Å². The SMILES string of the molecule is CC(C)C(NC(=O)C(CCC(N)=O)NC(=O)C(Cc1cnc[nH]1)NC(=O)C1CCCN1)C(=O)O. The highest BCUT2D eigenvalue weighted by Crippen LogP contribution is 2.08. The molecule has 4 atom stereocenters. The molecule has 1 aliphatic heterocycles. The zero-order chi connectivity index (χ0) is 25.3. The molecule has 0 spiro atoms. The highest BCUT2D eigenvalue weighted by atomic mass is 16.4. The van der Waals surface area contributed by atoms with Gasteiger partial charge in [0.1, 0.15) is 18.1 Å². The van der Waals surface area contributed by atoms with Gasteiger partial charge in [-0.2, -0.15) is 0 Å². The number of amides is 4. The first-order valence-electron chi connectivity index (χ1n) is 11.2. The van der Waals surface area contributed by atoms with Gasteiger partial charge in [0.15, 0.2) is 0 Å². The Hall–Kier alpha value is -3.48. The molecule has 13 nitrogen and oxygen atoms in total. The van der Waals surface area contributed by atoms with Crippen LogP contribution in [0.5, 0.6) is 0 Å². The number of nitrogens with two attached hydrogens (primary N) is 1. The molecule has 8 N–H and O–H groups in total. The third-order valence-corrected chi connectivity index (χ3v) is 5.53. The normalized spacial score (nSPS) is 18.0. The van der Waals surface area contributed by atoms with Gasteiger partial charge in [0.2, 0.25) is 23.6 Å². The molecule has 2 rings (SSSR count). The second kappa shape index (κ2) is 12.7. The molecule has 0 aromatic carbocycles. The van der Waals surface area contributed by atoms with E-state index in [1.165, 1.54) is 12.5 Å². The minimum absolute atomic E-state index is 0.0815. The maximum Gasteiger partial charge on any atom is 0.326 e. The number of hydrogen-bond donors (Lipinski definition) is 7. The predicted molar refractivity (Wildman–Crippen MR) is 120 cm³/mol. The molecule has 1 fully saturated rings. The summed E-state index contributed by atoms with van der Waals surface area (Å²) in [6, 6.07) is -3.88. The Bertz CT molecular complexity index is 867. The summed E-state index contributed by atoms with van der Waals surface area (Å²) < 4.78 is 0. The molecule has 34 heavy (non-hydrogen) atoms. The molecule has 0 aliphatic carbocycles. The van der Waals surface area contributed by atoms with Crippen molar-refractivity contribution in [3.05, 3.63) is 18.2 Å². The maximum atomic E-state index is 13.1. The molecule has 1 aromatic heterocycles. The first-order chi connectivity index (χ1) is 16.1. The molecule has 2 heterocycles. The lowest BCUT2D eigenvalue weighted by atomic mass is 10.0. The van der Waals surface area contributed by atoms with E-state index in [-0.39, 0.29) is 25.2 Å². The summed E-state index contributed by atoms with van der Waals surface area (Å²) in [4.78, 5) is 68.2. The van der Waals surface area contributed by atoms with E-state index in [4.69, 9.17) is 5.73 Å². The number of nitrogens with zero attached hydrogens (tertiary/aromatic N) is 1. The number of aromatic amines is 1. The van der Waals surface area contributed by atoms with Gasteiger partial charge in [-0.15, -0.1) is 0 Å². The van der Waals surface area contributed by atoms with Crippen molar-refractivity contribution in [1.29, 1.82) is 0 Å². The molecule has 4 amide bonds. The number of rotatable bonds is 13. The Kier molecular flexibility index (Phi) is 9.98. The van der Waals surface area contributed by atoms with E-state index in [0.717, 1.165) is 6.42 Å². The van der Waals surface area contributed by atoms with Crippen LogP contribution in [0.25, 0.3) is 0 Å². The molecule has 1 saturated heterocycles. The van der Waals surface area contributed by atoms with Crippen molar-refractivity contribution >= 4 is 29.6 Å². The Balaban J connectivity index is 2.16. The van der Waals surface area contributed by atoms with Gasteiger partial charge in [-0.25, -0.2) is 9.78 Å². The van der Waals surface area contributed by atoms with Crippen LogP contribution < -0.4 is 27.0 Å². The Morgan fingerprint density at radius 3 is 2.38 bits per heavy atom. The molecular weight excluding hydrogens is 446 g/mol. The van der Waals surface area contributed by atoms with Crippen molar-refractivity contribution in [3.8, 4) is 0 Å². The Morgan fingerprint density at radius 1 is 1.15 bits per heavy atom. The van der Waals surface area contributed by atoms with Gasteiger partial charge in [-0.3, -0.25) is 19.2 Å². The molecule has 13 heteroatoms. The molecule has 1 aliphatic rings. The second-order valence-electron chi connectivity index (χ2n) is 8.63. The number of carbonyl (C=O) groups is 5. The van der Waals surface area contributed by atoms with Crippen molar-refractivity contribution in [3.63, 3.8) is 0 Å². The number of H-pyrrole nitrogens is 1. The van der Waals surface area contributed by atoms with Gasteiger partial charge in [0.05, 0.1) is 12.4 Å². The number of aromatic nitrogens is 2. The van der Waals surface area contributed by atoms with E-state index in [2.05, 4.69) is 31.2 Å². The number of carboxylic acid groups (broad SMARTS) is 1. The molecule has 4 unspecified atom stereocenters. The topological polar surface area (TPSA) is 208 Å². The Labute approximate surface area is 197 Å². The van der Waals surface area contributed by atoms with Crippen molar-refractivity contribution in [2.24, 2.45) is 11.7 Å². The highest BCUT2D eigenvalue weighted by molar-refractivity contribution is 5.94. The molecule has 1 aromatic rings. The molecule has 0 bridgehead atoms. The summed E-state index contributed by atoms with van der Waals surface area (Å²) >= 11 is 0. The largest absolute Gasteiger partial charge is 0.480 e. The average molecular weight is 480 g/mol. The van der Waals surface area contributed by atoms with Gasteiger partial charge < -0.3 is 37.1 Å². The third kappa shape index (κ3) is 8.14. The summed E-state index contributed by atoms with van der Waals surface area (Å²) in [5.41, 5.74) is 5.79. The van der Waals surface area contributed by atoms with Crippen molar-refractivity contribution in [2.75, 3.05) is 6.54 Å². The van der Waals surface area contributed by atoms with Crippen LogP contribution in [0.15, 0.2) is 12.5 Å². The van der Waals surface area contributed by atoms with E-state index in [1.54, 1.807) is 13.8 Å². The zero-order valence-electron chi connectivity index (χ0n) is 19.3. The second-order valence-corrected chi connectivity index (χ2v) is 8.63. The van der Waals surface area contributed by atoms with Gasteiger partial charge in [-0.1, -0.05) is 13.8 Å². The van der Waals surface area contributed by atoms with E-state index in [1.807, 2.05) is 0 Å². The summed E-state index contributed by atoms with van der Waals surface area (Å²) in [6.07, 6.45) is 4.17. The van der Waals surface area contributed by atoms with Crippen LogP contribution in [0.4, 0.5) is 0 Å². The fourth-order valence-electron chi connectivity index (χ4n) is 3.60. The lowest BCUT2D eigenvalue weighted by molar-refractivity contribution is -0.143. The Morgan fingerprint density at radius 2 is 1.85 bits per heavy atom. The smallest absolute Gasteiger partial charge is 0.326 e. The van der Waals surface area contributed by atoms with Crippen LogP contribution in [0.2, 0.25) is 0 Å². The quantitative estimate of drug-likeness (QED) is 0.171. The summed E-state index contributed by atoms with van der Waals surface area (Å²) in [5, 5.41) is 20.1. The summed E-state index contributed by atoms with van der Waals surface area (Å²) in [6.45, 7) is 3.96. The third-order valence-electron chi connectivity index (χ3n) is 5.53. The van der Waals surface area contributed by atoms with Gasteiger partial charge in [0, 0.05) is 24.7 Å². The summed E-state index contributed by atoms with van der Waals surface area (Å²) in [7, 11) is 0. The standard InChI is InChI=1S/C21H33N7O6/c1-11(2)17(21(33)34)28-19(31)14(5-6-16(22)29)26-20(32)15(8-12-9-23-10-25-12)27-18(30)13-4-3-7-24-13/h9-11,13-15,17,24H,3-8H2,1-2H3,(H2,22,29)(H,23,25)(H,26,32)(H,27,30)(H,28,31)(H,33,34). The van der Waals surface area contributed by atoms with Gasteiger partial charge in [0.25, 0.3) is 0 Å². The first-order valence-corrected chi connectivity index (χ1v) is 11.2. The van der Waals surface area contributed by atoms with E-state index in [9.17, 15) is 29.1 Å². The van der Waals surface area contributed by atoms with Crippen LogP contribution in [-0.2, 0) is 30.4 Å². The fraction of sp³-hybridized carbons (Fsp3) is 0.619. The number of imidazole rings is 1. The lowest BCUT2D eigenvalue weighted by Gasteiger charge is -2.25. The fourth-order valence-corrected chi connectivity index (χ4v) is 3.60. The molecule has 0 saturated carbocycles. The summed E-state index contributed by atoms with van der Waals surface area (Å²) in [5.74, 6) is -4.10. The average Bonchev–Trinajstić information content (AvgIpc) is 3.47. The number of aliphatic carboxylic acids is 1. The maximum absolute atomic E-state index is 13.1. The highest BCUT2D eigenvalue weighted by Gasteiger charge is 2.32. The predicted octanol–water partition coefficient (Wildman–Crippen LogP) is -1.84. The number of primary amides is 1. The van der Waals surface area contributed by atoms with E-state index < -0.39 is 53.8 Å². The lowest BCUT2D eigenvalue weighted by Crippen LogP contribution is -2.58. The number of hydrogen-bond acceptors (Lipinski definition) is 7. The van der Waals surface area contributed by atoms with Gasteiger partial charge >= 0.3 is 5.97 Å². The minimum Gasteiger partial charge on any atom is -0.480 e. The van der Waals surface area contributed by atoms with Crippen LogP contribution in [0.3, 0.4) is 0 Å². The number of nitrogens with one attached hydrogen (secondary N) is 5. The molecule has 0 radical (unpaired) electrons. The van der Waals surface area contributed by atoms with Crippen LogP contribution in [0, 0.1) is 5.92 Å². The zero-order valence-corrected chi connectivity index (χ0v) is 19.3. The molecular formula is C21H33N7O6. The monoisotopic (exact) mass is 479 g/mol. The first kappa shape index (κ1) is 26.8. The number of carboxylic acids is 1. The van der Waals surface area contributed by atoms with E-state index >= 15 is 0 Å². The van der Waals surface area contributed by atoms with E-state index in [0.29, 0.717) is 18.7 Å². The minimum atomic E-state index is -1.23. The van der Waals surface area contributed by atoms with Crippen LogP contribution >= 0.6 is 0 Å². The van der Waals surface area contributed by atoms with Crippen molar-refractivity contribution < 1.29 is 29.1 Å².